The number of halogens is 1. The molecule has 1 fully saturated rings. The normalized spacial score (nSPS) is 12.7. The number of rotatable bonds is 11. The fourth-order valence-corrected chi connectivity index (χ4v) is 9.47. The third-order valence-electron chi connectivity index (χ3n) is 9.98. The van der Waals surface area contributed by atoms with Crippen molar-refractivity contribution in [3.63, 3.8) is 0 Å². The van der Waals surface area contributed by atoms with Crippen LogP contribution in [0.5, 0.6) is 5.75 Å². The van der Waals surface area contributed by atoms with Gasteiger partial charge < -0.3 is 14.4 Å². The number of piperazine rings is 1. The van der Waals surface area contributed by atoms with Crippen LogP contribution in [0, 0.1) is 0 Å². The lowest BCUT2D eigenvalue weighted by atomic mass is 9.99. The molecule has 8 rings (SSSR count). The first-order valence-corrected chi connectivity index (χ1v) is 20.9. The quantitative estimate of drug-likeness (QED) is 0.0965. The lowest BCUT2D eigenvalue weighted by Crippen LogP contribution is -2.46. The van der Waals surface area contributed by atoms with E-state index in [-0.39, 0.29) is 5.97 Å². The molecule has 1 heterocycles. The van der Waals surface area contributed by atoms with Crippen molar-refractivity contribution in [3.05, 3.63) is 210 Å². The van der Waals surface area contributed by atoms with E-state index in [9.17, 15) is 4.79 Å². The fourth-order valence-electron chi connectivity index (χ4n) is 7.04. The van der Waals surface area contributed by atoms with Gasteiger partial charge in [-0.1, -0.05) is 157 Å². The lowest BCUT2D eigenvalue weighted by molar-refractivity contribution is 0.0597. The SMILES string of the molecule is COC(=O)c1ccc(N2CCN(Cc3ccccc3-c3ccc(Cl)cc3)CC2)cc1COc1ccccc1.c1ccc(P(c2ccccc2)c2ccccc2)cc1. The highest BCUT2D eigenvalue weighted by molar-refractivity contribution is 7.79. The van der Waals surface area contributed by atoms with E-state index in [1.54, 1.807) is 0 Å². The summed E-state index contributed by atoms with van der Waals surface area (Å²) in [6, 6.07) is 64.5. The second-order valence-electron chi connectivity index (χ2n) is 13.7. The van der Waals surface area contributed by atoms with E-state index in [4.69, 9.17) is 21.1 Å². The largest absolute Gasteiger partial charge is 0.489 e. The molecule has 0 amide bonds. The van der Waals surface area contributed by atoms with Crippen LogP contribution in [0.4, 0.5) is 5.69 Å². The number of carbonyl (C=O) groups is 1. The second kappa shape index (κ2) is 19.9. The van der Waals surface area contributed by atoms with E-state index in [1.165, 1.54) is 39.7 Å². The van der Waals surface area contributed by atoms with Crippen molar-refractivity contribution < 1.29 is 14.3 Å². The van der Waals surface area contributed by atoms with Crippen LogP contribution in [-0.4, -0.2) is 44.2 Å². The number of hydrogen-bond donors (Lipinski definition) is 0. The minimum atomic E-state index is -0.446. The molecule has 1 aliphatic heterocycles. The minimum absolute atomic E-state index is 0.295. The molecule has 0 radical (unpaired) electrons. The number of carbonyl (C=O) groups excluding carboxylic acids is 1. The van der Waals surface area contributed by atoms with Crippen molar-refractivity contribution in [1.82, 2.24) is 4.90 Å². The Balaban J connectivity index is 0.000000218. The van der Waals surface area contributed by atoms with Crippen molar-refractivity contribution in [1.29, 1.82) is 0 Å². The van der Waals surface area contributed by atoms with Gasteiger partial charge in [0.15, 0.2) is 0 Å². The molecule has 7 heteroatoms. The van der Waals surface area contributed by atoms with Crippen LogP contribution < -0.4 is 25.6 Å². The monoisotopic (exact) mass is 788 g/mol. The van der Waals surface area contributed by atoms with Crippen LogP contribution in [0.1, 0.15) is 21.5 Å². The van der Waals surface area contributed by atoms with Gasteiger partial charge in [0.05, 0.1) is 12.7 Å². The molecule has 0 saturated carbocycles. The number of nitrogens with zero attached hydrogens (tertiary/aromatic N) is 2. The summed E-state index contributed by atoms with van der Waals surface area (Å²) in [7, 11) is 0.959. The average molecular weight is 789 g/mol. The summed E-state index contributed by atoms with van der Waals surface area (Å²) < 4.78 is 11.0. The predicted molar refractivity (Wildman–Crippen MR) is 238 cm³/mol. The van der Waals surface area contributed by atoms with E-state index in [1.807, 2.05) is 54.6 Å². The number of para-hydroxylation sites is 1. The van der Waals surface area contributed by atoms with E-state index < -0.39 is 7.92 Å². The molecule has 0 atom stereocenters. The highest BCUT2D eigenvalue weighted by atomic mass is 35.5. The number of esters is 1. The molecule has 7 aromatic carbocycles. The molecule has 0 aromatic heterocycles. The Bertz CT molecular complexity index is 2210. The molecule has 0 spiro atoms. The maximum atomic E-state index is 12.4. The summed E-state index contributed by atoms with van der Waals surface area (Å²) in [5, 5.41) is 4.94. The molecule has 0 aliphatic carbocycles. The Morgan fingerprint density at radius 1 is 0.596 bits per heavy atom. The lowest BCUT2D eigenvalue weighted by Gasteiger charge is -2.36. The number of methoxy groups -OCH3 is 1. The summed E-state index contributed by atoms with van der Waals surface area (Å²) >= 11 is 6.10. The van der Waals surface area contributed by atoms with E-state index in [0.29, 0.717) is 12.2 Å². The molecule has 7 aromatic rings. The number of benzene rings is 7. The third kappa shape index (κ3) is 10.6. The average Bonchev–Trinajstić information content (AvgIpc) is 3.28. The van der Waals surface area contributed by atoms with Crippen molar-refractivity contribution in [2.75, 3.05) is 38.2 Å². The first kappa shape index (κ1) is 39.5. The Labute approximate surface area is 342 Å². The van der Waals surface area contributed by atoms with Crippen molar-refractivity contribution in [3.8, 4) is 16.9 Å². The van der Waals surface area contributed by atoms with Crippen LogP contribution >= 0.6 is 19.5 Å². The van der Waals surface area contributed by atoms with E-state index in [2.05, 4.69) is 143 Å². The van der Waals surface area contributed by atoms with E-state index >= 15 is 0 Å². The zero-order valence-electron chi connectivity index (χ0n) is 32.1. The van der Waals surface area contributed by atoms with Gasteiger partial charge in [0.25, 0.3) is 0 Å². The predicted octanol–water partition coefficient (Wildman–Crippen LogP) is 10.1. The summed E-state index contributed by atoms with van der Waals surface area (Å²) in [4.78, 5) is 17.3. The number of anilines is 1. The van der Waals surface area contributed by atoms with Gasteiger partial charge in [0, 0.05) is 49.0 Å². The van der Waals surface area contributed by atoms with Gasteiger partial charge in [-0.05, 0) is 83.0 Å². The molecule has 1 aliphatic rings. The highest BCUT2D eigenvalue weighted by Gasteiger charge is 2.21. The van der Waals surface area contributed by atoms with Gasteiger partial charge >= 0.3 is 5.97 Å². The highest BCUT2D eigenvalue weighted by Crippen LogP contribution is 2.32. The molecular formula is C50H46ClN2O3P. The van der Waals surface area contributed by atoms with Crippen molar-refractivity contribution >= 4 is 47.1 Å². The van der Waals surface area contributed by atoms with Gasteiger partial charge in [0.1, 0.15) is 12.4 Å². The van der Waals surface area contributed by atoms with E-state index in [0.717, 1.165) is 54.7 Å². The first-order valence-electron chi connectivity index (χ1n) is 19.2. The summed E-state index contributed by atoms with van der Waals surface area (Å²) in [5.41, 5.74) is 6.17. The Morgan fingerprint density at radius 3 is 1.68 bits per heavy atom. The summed E-state index contributed by atoms with van der Waals surface area (Å²) in [6.07, 6.45) is 0. The van der Waals surface area contributed by atoms with Crippen molar-refractivity contribution in [2.24, 2.45) is 0 Å². The maximum absolute atomic E-state index is 12.4. The standard InChI is InChI=1S/C32H31ClN2O3.C18H15P/c1-37-32(36)31-16-15-28(21-26(31)23-38-29-8-3-2-4-9-29)35-19-17-34(18-20-35)22-25-7-5-6-10-30(25)24-11-13-27(33)14-12-24;1-4-10-16(11-5-1)19(17-12-6-2-7-13-17)18-14-8-3-9-15-18/h2-16,21H,17-20,22-23H2,1H3;1-15H. The van der Waals surface area contributed by atoms with Gasteiger partial charge in [-0.3, -0.25) is 4.90 Å². The number of ether oxygens (including phenoxy) is 2. The minimum Gasteiger partial charge on any atom is -0.489 e. The smallest absolute Gasteiger partial charge is 0.338 e. The number of hydrogen-bond acceptors (Lipinski definition) is 5. The molecule has 0 N–H and O–H groups in total. The maximum Gasteiger partial charge on any atom is 0.338 e. The Morgan fingerprint density at radius 2 is 1.12 bits per heavy atom. The van der Waals surface area contributed by atoms with Crippen LogP contribution in [0.2, 0.25) is 5.02 Å². The molecule has 57 heavy (non-hydrogen) atoms. The van der Waals surface area contributed by atoms with Gasteiger partial charge in [-0.25, -0.2) is 4.79 Å². The molecule has 5 nitrogen and oxygen atoms in total. The van der Waals surface area contributed by atoms with Crippen LogP contribution in [0.25, 0.3) is 11.1 Å². The van der Waals surface area contributed by atoms with Crippen LogP contribution in [0.15, 0.2) is 188 Å². The molecule has 0 bridgehead atoms. The Hall–Kier alpha value is -5.71. The van der Waals surface area contributed by atoms with Crippen LogP contribution in [-0.2, 0) is 17.9 Å². The first-order chi connectivity index (χ1) is 28.1. The van der Waals surface area contributed by atoms with Gasteiger partial charge in [0.2, 0.25) is 0 Å². The zero-order chi connectivity index (χ0) is 39.2. The van der Waals surface area contributed by atoms with Crippen LogP contribution in [0.3, 0.4) is 0 Å². The fraction of sp³-hybridized carbons (Fsp3) is 0.140. The molecule has 1 saturated heterocycles. The zero-order valence-corrected chi connectivity index (χ0v) is 33.7. The molecular weight excluding hydrogens is 743 g/mol. The second-order valence-corrected chi connectivity index (χ2v) is 16.4. The Kier molecular flexibility index (Phi) is 13.8. The summed E-state index contributed by atoms with van der Waals surface area (Å²) in [6.45, 7) is 4.89. The summed E-state index contributed by atoms with van der Waals surface area (Å²) in [5.74, 6) is 0.411. The van der Waals surface area contributed by atoms with Gasteiger partial charge in [-0.15, -0.1) is 0 Å². The van der Waals surface area contributed by atoms with Gasteiger partial charge in [-0.2, -0.15) is 0 Å². The van der Waals surface area contributed by atoms with Crippen molar-refractivity contribution in [2.45, 2.75) is 13.2 Å². The third-order valence-corrected chi connectivity index (χ3v) is 12.7. The molecule has 0 unspecified atom stereocenters. The molecule has 286 valence electrons. The topological polar surface area (TPSA) is 42.0 Å².